The predicted octanol–water partition coefficient (Wildman–Crippen LogP) is 2.09. The molecule has 2 unspecified atom stereocenters. The van der Waals surface area contributed by atoms with Crippen LogP contribution in [-0.2, 0) is 0 Å². The zero-order valence-corrected chi connectivity index (χ0v) is 10.9. The Morgan fingerprint density at radius 2 is 1.67 bits per heavy atom. The van der Waals surface area contributed by atoms with Crippen LogP contribution in [-0.4, -0.2) is 29.1 Å². The summed E-state index contributed by atoms with van der Waals surface area (Å²) >= 11 is 0. The molecule has 0 amide bonds. The zero-order chi connectivity index (χ0) is 11.4. The van der Waals surface area contributed by atoms with Crippen LogP contribution in [0.25, 0.3) is 0 Å². The van der Waals surface area contributed by atoms with Gasteiger partial charge in [-0.1, -0.05) is 13.8 Å². The summed E-state index contributed by atoms with van der Waals surface area (Å²) in [6, 6.07) is 0. The van der Waals surface area contributed by atoms with Crippen LogP contribution in [0.3, 0.4) is 0 Å². The lowest BCUT2D eigenvalue weighted by Gasteiger charge is -2.64. The van der Waals surface area contributed by atoms with Crippen molar-refractivity contribution in [2.45, 2.75) is 52.1 Å². The van der Waals surface area contributed by atoms with Gasteiger partial charge in [-0.05, 0) is 44.9 Å². The van der Waals surface area contributed by atoms with Gasteiger partial charge in [0.15, 0.2) is 0 Å². The Morgan fingerprint density at radius 3 is 2.00 bits per heavy atom. The Morgan fingerprint density at radius 1 is 1.20 bits per heavy atom. The average Bonchev–Trinajstić information content (AvgIpc) is 2.14. The first kappa shape index (κ1) is 11.4. The summed E-state index contributed by atoms with van der Waals surface area (Å²) in [4.78, 5) is 2.61. The summed E-state index contributed by atoms with van der Waals surface area (Å²) in [6.07, 6.45) is 1.36. The van der Waals surface area contributed by atoms with Crippen molar-refractivity contribution in [1.82, 2.24) is 4.90 Å². The molecule has 1 saturated carbocycles. The zero-order valence-electron chi connectivity index (χ0n) is 10.9. The maximum Gasteiger partial charge on any atom is 0.0259 e. The molecular formula is C13H26N2. The van der Waals surface area contributed by atoms with Crippen molar-refractivity contribution in [3.05, 3.63) is 0 Å². The van der Waals surface area contributed by atoms with Gasteiger partial charge < -0.3 is 5.73 Å². The second-order valence-corrected chi connectivity index (χ2v) is 6.86. The number of fused-ring (bicyclic) bond motifs is 2. The summed E-state index contributed by atoms with van der Waals surface area (Å²) in [7, 11) is 0. The molecule has 2 bridgehead atoms. The molecule has 2 aliphatic heterocycles. The highest BCUT2D eigenvalue weighted by molar-refractivity contribution is 5.14. The number of hydrogen-bond acceptors (Lipinski definition) is 2. The van der Waals surface area contributed by atoms with E-state index in [1.54, 1.807) is 0 Å². The maximum absolute atomic E-state index is 6.57. The van der Waals surface area contributed by atoms with Crippen LogP contribution in [0.2, 0.25) is 0 Å². The molecule has 2 nitrogen and oxygen atoms in total. The number of piperidine rings is 2. The average molecular weight is 210 g/mol. The van der Waals surface area contributed by atoms with Gasteiger partial charge in [-0.3, -0.25) is 4.90 Å². The van der Waals surface area contributed by atoms with Crippen LogP contribution in [0.5, 0.6) is 0 Å². The maximum atomic E-state index is 6.57. The normalized spacial score (nSPS) is 41.8. The topological polar surface area (TPSA) is 29.3 Å². The van der Waals surface area contributed by atoms with E-state index in [1.165, 1.54) is 19.5 Å². The van der Waals surface area contributed by atoms with Crippen molar-refractivity contribution in [3.8, 4) is 0 Å². The Kier molecular flexibility index (Phi) is 2.44. The van der Waals surface area contributed by atoms with E-state index < -0.39 is 0 Å². The van der Waals surface area contributed by atoms with Crippen molar-refractivity contribution < 1.29 is 0 Å². The van der Waals surface area contributed by atoms with Gasteiger partial charge in [0.1, 0.15) is 0 Å². The fourth-order valence-electron chi connectivity index (χ4n) is 3.49. The number of nitrogens with zero attached hydrogens (tertiary/aromatic N) is 1. The fraction of sp³-hybridized carbons (Fsp3) is 1.00. The van der Waals surface area contributed by atoms with Crippen molar-refractivity contribution in [1.29, 1.82) is 0 Å². The second kappa shape index (κ2) is 3.21. The highest BCUT2D eigenvalue weighted by Gasteiger charge is 2.58. The van der Waals surface area contributed by atoms with Crippen LogP contribution in [0.4, 0.5) is 0 Å². The van der Waals surface area contributed by atoms with Crippen molar-refractivity contribution in [3.63, 3.8) is 0 Å². The predicted molar refractivity (Wildman–Crippen MR) is 64.7 cm³/mol. The van der Waals surface area contributed by atoms with E-state index in [0.717, 1.165) is 11.8 Å². The number of hydrogen-bond donors (Lipinski definition) is 1. The first-order chi connectivity index (χ1) is 6.76. The van der Waals surface area contributed by atoms with Gasteiger partial charge in [0.05, 0.1) is 0 Å². The van der Waals surface area contributed by atoms with Gasteiger partial charge in [0.25, 0.3) is 0 Å². The van der Waals surface area contributed by atoms with E-state index in [2.05, 4.69) is 39.5 Å². The monoisotopic (exact) mass is 210 g/mol. The van der Waals surface area contributed by atoms with E-state index in [4.69, 9.17) is 5.73 Å². The molecule has 3 aliphatic rings. The minimum atomic E-state index is 0.141. The molecule has 88 valence electrons. The molecule has 0 radical (unpaired) electrons. The molecule has 1 aliphatic carbocycles. The van der Waals surface area contributed by atoms with Crippen LogP contribution in [0.1, 0.15) is 41.0 Å². The van der Waals surface area contributed by atoms with E-state index in [9.17, 15) is 0 Å². The summed E-state index contributed by atoms with van der Waals surface area (Å²) in [6.45, 7) is 13.9. The summed E-state index contributed by atoms with van der Waals surface area (Å²) < 4.78 is 0. The van der Waals surface area contributed by atoms with Crippen LogP contribution in [0.15, 0.2) is 0 Å². The molecule has 2 heteroatoms. The summed E-state index contributed by atoms with van der Waals surface area (Å²) in [5, 5.41) is 0. The van der Waals surface area contributed by atoms with E-state index in [-0.39, 0.29) is 5.54 Å². The molecule has 0 spiro atoms. The van der Waals surface area contributed by atoms with Crippen LogP contribution < -0.4 is 5.73 Å². The molecule has 0 aromatic heterocycles. The first-order valence-electron chi connectivity index (χ1n) is 6.30. The number of nitrogens with two attached hydrogens (primary N) is 1. The third-order valence-electron chi connectivity index (χ3n) is 4.81. The largest absolute Gasteiger partial charge is 0.324 e. The second-order valence-electron chi connectivity index (χ2n) is 6.86. The molecule has 3 rings (SSSR count). The summed E-state index contributed by atoms with van der Waals surface area (Å²) in [5.74, 6) is 2.09. The van der Waals surface area contributed by atoms with Gasteiger partial charge in [-0.15, -0.1) is 0 Å². The third-order valence-corrected chi connectivity index (χ3v) is 4.81. The van der Waals surface area contributed by atoms with Crippen molar-refractivity contribution in [2.24, 2.45) is 23.5 Å². The smallest absolute Gasteiger partial charge is 0.0259 e. The SMILES string of the molecule is CC(C)C1(N)C2CC1CN(C(C)(C)C)C2. The summed E-state index contributed by atoms with van der Waals surface area (Å²) in [5.41, 5.74) is 7.03. The van der Waals surface area contributed by atoms with Gasteiger partial charge in [0.2, 0.25) is 0 Å². The Balaban J connectivity index is 2.09. The quantitative estimate of drug-likeness (QED) is 0.718. The molecule has 2 atom stereocenters. The fourth-order valence-corrected chi connectivity index (χ4v) is 3.49. The van der Waals surface area contributed by atoms with Crippen molar-refractivity contribution >= 4 is 0 Å². The van der Waals surface area contributed by atoms with Crippen LogP contribution >= 0.6 is 0 Å². The van der Waals surface area contributed by atoms with Gasteiger partial charge in [-0.25, -0.2) is 0 Å². The first-order valence-corrected chi connectivity index (χ1v) is 6.30. The standard InChI is InChI=1S/C13H26N2/c1-9(2)13(14)10-6-11(13)8-15(7-10)12(3,4)5/h9-11H,6-8,14H2,1-5H3. The van der Waals surface area contributed by atoms with Crippen LogP contribution in [0, 0.1) is 17.8 Å². The minimum absolute atomic E-state index is 0.141. The van der Waals surface area contributed by atoms with Gasteiger partial charge in [-0.2, -0.15) is 0 Å². The third kappa shape index (κ3) is 1.53. The lowest BCUT2D eigenvalue weighted by atomic mass is 9.52. The van der Waals surface area contributed by atoms with Crippen molar-refractivity contribution in [2.75, 3.05) is 13.1 Å². The Hall–Kier alpha value is -0.0800. The highest BCUT2D eigenvalue weighted by Crippen LogP contribution is 2.51. The number of rotatable bonds is 1. The molecular weight excluding hydrogens is 184 g/mol. The Bertz CT molecular complexity index is 240. The van der Waals surface area contributed by atoms with E-state index >= 15 is 0 Å². The van der Waals surface area contributed by atoms with E-state index in [0.29, 0.717) is 11.5 Å². The molecule has 0 aromatic rings. The Labute approximate surface area is 94.2 Å². The lowest BCUT2D eigenvalue weighted by Crippen LogP contribution is -2.75. The molecule has 2 N–H and O–H groups in total. The minimum Gasteiger partial charge on any atom is -0.324 e. The molecule has 0 aromatic carbocycles. The molecule has 2 heterocycles. The van der Waals surface area contributed by atoms with E-state index in [1.807, 2.05) is 0 Å². The van der Waals surface area contributed by atoms with Gasteiger partial charge in [0, 0.05) is 24.2 Å². The molecule has 2 saturated heterocycles. The molecule has 3 fully saturated rings. The molecule has 15 heavy (non-hydrogen) atoms. The van der Waals surface area contributed by atoms with Gasteiger partial charge >= 0.3 is 0 Å². The lowest BCUT2D eigenvalue weighted by molar-refractivity contribution is -0.114. The highest BCUT2D eigenvalue weighted by atomic mass is 15.2.